The van der Waals surface area contributed by atoms with E-state index in [2.05, 4.69) is 21.2 Å². The average Bonchev–Trinajstić information content (AvgIpc) is 2.29. The van der Waals surface area contributed by atoms with E-state index in [-0.39, 0.29) is 11.7 Å². The van der Waals surface area contributed by atoms with Crippen molar-refractivity contribution in [3.63, 3.8) is 0 Å². The van der Waals surface area contributed by atoms with E-state index in [1.165, 1.54) is 12.1 Å². The molecule has 20 heavy (non-hydrogen) atoms. The van der Waals surface area contributed by atoms with Crippen LogP contribution in [0.3, 0.4) is 0 Å². The predicted molar refractivity (Wildman–Crippen MR) is 80.1 cm³/mol. The summed E-state index contributed by atoms with van der Waals surface area (Å²) in [7, 11) is 0. The van der Waals surface area contributed by atoms with Crippen molar-refractivity contribution in [1.82, 2.24) is 5.32 Å². The van der Waals surface area contributed by atoms with Gasteiger partial charge in [0.2, 0.25) is 0 Å². The van der Waals surface area contributed by atoms with Gasteiger partial charge in [0.15, 0.2) is 0 Å². The monoisotopic (exact) mass is 346 g/mol. The van der Waals surface area contributed by atoms with Gasteiger partial charge in [-0.15, -0.1) is 0 Å². The van der Waals surface area contributed by atoms with Crippen molar-refractivity contribution in [3.8, 4) is 0 Å². The molecule has 0 saturated carbocycles. The number of carbonyl (C=O) groups is 1. The topological polar surface area (TPSA) is 64.3 Å². The number of halogens is 2. The van der Waals surface area contributed by atoms with Crippen molar-refractivity contribution < 1.29 is 13.9 Å². The van der Waals surface area contributed by atoms with Crippen molar-refractivity contribution >= 4 is 22.0 Å². The molecule has 0 saturated heterocycles. The zero-order valence-corrected chi connectivity index (χ0v) is 13.5. The van der Waals surface area contributed by atoms with Crippen molar-refractivity contribution in [1.29, 1.82) is 0 Å². The van der Waals surface area contributed by atoms with E-state index in [9.17, 15) is 9.18 Å². The molecular formula is C14H20BrFN2O2. The van der Waals surface area contributed by atoms with Crippen LogP contribution in [0, 0.1) is 5.82 Å². The van der Waals surface area contributed by atoms with Crippen LogP contribution in [0.25, 0.3) is 0 Å². The van der Waals surface area contributed by atoms with Gasteiger partial charge in [0.05, 0.1) is 0 Å². The lowest BCUT2D eigenvalue weighted by molar-refractivity contribution is 0.0525. The molecule has 4 nitrogen and oxygen atoms in total. The minimum atomic E-state index is -0.543. The van der Waals surface area contributed by atoms with E-state index < -0.39 is 11.7 Å². The van der Waals surface area contributed by atoms with Gasteiger partial charge >= 0.3 is 6.09 Å². The molecule has 0 spiro atoms. The summed E-state index contributed by atoms with van der Waals surface area (Å²) < 4.78 is 18.9. The Bertz CT molecular complexity index is 475. The standard InChI is InChI=1S/C14H20BrFN2O2/c1-14(2,3)20-13(19)18-8-9(7-17)11-5-4-10(16)6-12(11)15/h4-6,9H,7-8,17H2,1-3H3,(H,18,19). The maximum Gasteiger partial charge on any atom is 0.407 e. The Kier molecular flexibility index (Phi) is 5.95. The van der Waals surface area contributed by atoms with Crippen LogP contribution >= 0.6 is 15.9 Å². The number of alkyl carbamates (subject to hydrolysis) is 1. The highest BCUT2D eigenvalue weighted by Crippen LogP contribution is 2.25. The summed E-state index contributed by atoms with van der Waals surface area (Å²) in [4.78, 5) is 11.6. The number of hydrogen-bond donors (Lipinski definition) is 2. The molecule has 3 N–H and O–H groups in total. The van der Waals surface area contributed by atoms with Crippen molar-refractivity contribution in [2.45, 2.75) is 32.3 Å². The molecule has 1 atom stereocenters. The third kappa shape index (κ3) is 5.46. The Balaban J connectivity index is 2.66. The van der Waals surface area contributed by atoms with Gasteiger partial charge in [0, 0.05) is 23.5 Å². The van der Waals surface area contributed by atoms with Crippen LogP contribution in [0.4, 0.5) is 9.18 Å². The third-order valence-corrected chi connectivity index (χ3v) is 3.27. The minimum Gasteiger partial charge on any atom is -0.444 e. The summed E-state index contributed by atoms with van der Waals surface area (Å²) >= 11 is 3.30. The fraction of sp³-hybridized carbons (Fsp3) is 0.500. The zero-order chi connectivity index (χ0) is 15.3. The van der Waals surface area contributed by atoms with Gasteiger partial charge in [-0.2, -0.15) is 0 Å². The molecule has 1 aromatic rings. The maximum absolute atomic E-state index is 13.1. The lowest BCUT2D eigenvalue weighted by atomic mass is 9.99. The fourth-order valence-corrected chi connectivity index (χ4v) is 2.35. The smallest absolute Gasteiger partial charge is 0.407 e. The molecule has 0 heterocycles. The first-order valence-corrected chi connectivity index (χ1v) is 7.14. The largest absolute Gasteiger partial charge is 0.444 e. The van der Waals surface area contributed by atoms with Gasteiger partial charge in [0.25, 0.3) is 0 Å². The molecule has 0 fully saturated rings. The van der Waals surface area contributed by atoms with Gasteiger partial charge in [-0.3, -0.25) is 0 Å². The van der Waals surface area contributed by atoms with E-state index in [4.69, 9.17) is 10.5 Å². The molecule has 0 bridgehead atoms. The number of nitrogens with two attached hydrogens (primary N) is 1. The van der Waals surface area contributed by atoms with Crippen LogP contribution in [-0.2, 0) is 4.74 Å². The first kappa shape index (κ1) is 16.9. The Morgan fingerprint density at radius 1 is 1.50 bits per heavy atom. The molecule has 1 rings (SSSR count). The SMILES string of the molecule is CC(C)(C)OC(=O)NCC(CN)c1ccc(F)cc1Br. The number of nitrogens with one attached hydrogen (secondary N) is 1. The third-order valence-electron chi connectivity index (χ3n) is 2.58. The van der Waals surface area contributed by atoms with E-state index >= 15 is 0 Å². The van der Waals surface area contributed by atoms with Crippen LogP contribution in [-0.4, -0.2) is 24.8 Å². The average molecular weight is 347 g/mol. The van der Waals surface area contributed by atoms with Gasteiger partial charge in [-0.1, -0.05) is 22.0 Å². The molecule has 0 aliphatic rings. The Labute approximate surface area is 127 Å². The maximum atomic E-state index is 13.1. The second kappa shape index (κ2) is 7.04. The summed E-state index contributed by atoms with van der Waals surface area (Å²) in [6, 6.07) is 4.41. The lowest BCUT2D eigenvalue weighted by Crippen LogP contribution is -2.36. The highest BCUT2D eigenvalue weighted by Gasteiger charge is 2.19. The van der Waals surface area contributed by atoms with Crippen molar-refractivity contribution in [3.05, 3.63) is 34.1 Å². The summed E-state index contributed by atoms with van der Waals surface area (Å²) in [6.45, 7) is 6.05. The first-order chi connectivity index (χ1) is 9.23. The quantitative estimate of drug-likeness (QED) is 0.879. The van der Waals surface area contributed by atoms with Gasteiger partial charge in [0.1, 0.15) is 11.4 Å². The number of carbonyl (C=O) groups excluding carboxylic acids is 1. The summed E-state index contributed by atoms with van der Waals surface area (Å²) in [5.74, 6) is -0.436. The Hall–Kier alpha value is -1.14. The van der Waals surface area contributed by atoms with Gasteiger partial charge in [-0.25, -0.2) is 9.18 Å². The van der Waals surface area contributed by atoms with Gasteiger partial charge in [-0.05, 0) is 38.5 Å². The molecule has 0 radical (unpaired) electrons. The lowest BCUT2D eigenvalue weighted by Gasteiger charge is -2.22. The zero-order valence-electron chi connectivity index (χ0n) is 11.9. The molecule has 1 unspecified atom stereocenters. The highest BCUT2D eigenvalue weighted by atomic mass is 79.9. The molecule has 0 aromatic heterocycles. The Morgan fingerprint density at radius 3 is 2.65 bits per heavy atom. The van der Waals surface area contributed by atoms with Crippen LogP contribution in [0.2, 0.25) is 0 Å². The molecule has 6 heteroatoms. The summed E-state index contributed by atoms with van der Waals surface area (Å²) in [5.41, 5.74) is 6.03. The molecule has 1 aromatic carbocycles. The van der Waals surface area contributed by atoms with Crippen molar-refractivity contribution in [2.75, 3.05) is 13.1 Å². The molecular weight excluding hydrogens is 327 g/mol. The number of hydrogen-bond acceptors (Lipinski definition) is 3. The van der Waals surface area contributed by atoms with E-state index in [0.717, 1.165) is 5.56 Å². The first-order valence-electron chi connectivity index (χ1n) is 6.35. The van der Waals surface area contributed by atoms with Crippen LogP contribution in [0.5, 0.6) is 0 Å². The van der Waals surface area contributed by atoms with E-state index in [1.807, 2.05) is 0 Å². The second-order valence-electron chi connectivity index (χ2n) is 5.48. The number of rotatable bonds is 4. The molecule has 1 amide bonds. The molecule has 0 aliphatic heterocycles. The second-order valence-corrected chi connectivity index (χ2v) is 6.34. The minimum absolute atomic E-state index is 0.113. The van der Waals surface area contributed by atoms with Gasteiger partial charge < -0.3 is 15.8 Å². The van der Waals surface area contributed by atoms with E-state index in [0.29, 0.717) is 17.6 Å². The number of ether oxygens (including phenoxy) is 1. The van der Waals surface area contributed by atoms with Crippen LogP contribution in [0.1, 0.15) is 32.3 Å². The number of amides is 1. The predicted octanol–water partition coefficient (Wildman–Crippen LogP) is 3.16. The molecule has 112 valence electrons. The molecule has 0 aliphatic carbocycles. The highest BCUT2D eigenvalue weighted by molar-refractivity contribution is 9.10. The summed E-state index contributed by atoms with van der Waals surface area (Å²) in [5, 5.41) is 2.67. The van der Waals surface area contributed by atoms with Crippen molar-refractivity contribution in [2.24, 2.45) is 5.73 Å². The normalized spacial score (nSPS) is 12.9. The number of benzene rings is 1. The van der Waals surface area contributed by atoms with Crippen LogP contribution in [0.15, 0.2) is 22.7 Å². The van der Waals surface area contributed by atoms with Crippen LogP contribution < -0.4 is 11.1 Å². The summed E-state index contributed by atoms with van der Waals surface area (Å²) in [6.07, 6.45) is -0.491. The van der Waals surface area contributed by atoms with E-state index in [1.54, 1.807) is 26.8 Å². The fourth-order valence-electron chi connectivity index (χ4n) is 1.67. The Morgan fingerprint density at radius 2 is 2.15 bits per heavy atom.